The van der Waals surface area contributed by atoms with Crippen LogP contribution >= 0.6 is 0 Å². The van der Waals surface area contributed by atoms with Crippen LogP contribution in [0.2, 0.25) is 0 Å². The van der Waals surface area contributed by atoms with E-state index in [2.05, 4.69) is 84.9 Å². The molecule has 0 aliphatic carbocycles. The summed E-state index contributed by atoms with van der Waals surface area (Å²) in [5.41, 5.74) is 2.61. The van der Waals surface area contributed by atoms with E-state index in [1.165, 1.54) is 32.7 Å². The van der Waals surface area contributed by atoms with E-state index in [1.807, 2.05) is 0 Å². The first-order valence-electron chi connectivity index (χ1n) is 6.89. The molecule has 0 nitrogen and oxygen atoms in total. The smallest absolute Gasteiger partial charge is 0 e. The number of fused-ring (bicyclic) bond motifs is 2. The Kier molecular flexibility index (Phi) is 4.58. The second-order valence-electron chi connectivity index (χ2n) is 5.05. The van der Waals surface area contributed by atoms with Gasteiger partial charge in [0.15, 0.2) is 0 Å². The predicted molar refractivity (Wildman–Crippen MR) is 92.6 cm³/mol. The standard InChI is InChI=1S/C20H14.K/c1-3-11-17-15(7-1)9-5-13-19(17)20-14-6-10-16-8-2-4-12-18(16)20;/h1-14H;. The molecule has 0 aromatic heterocycles. The molecule has 0 fully saturated rings. The van der Waals surface area contributed by atoms with Crippen molar-refractivity contribution in [3.05, 3.63) is 84.9 Å². The molecule has 0 saturated carbocycles. The molecule has 95 valence electrons. The fourth-order valence-electron chi connectivity index (χ4n) is 2.92. The van der Waals surface area contributed by atoms with Crippen molar-refractivity contribution in [2.75, 3.05) is 0 Å². The van der Waals surface area contributed by atoms with Crippen molar-refractivity contribution in [3.8, 4) is 11.1 Å². The Hall–Kier alpha value is -0.964. The van der Waals surface area contributed by atoms with Crippen LogP contribution in [0.1, 0.15) is 0 Å². The van der Waals surface area contributed by atoms with Crippen LogP contribution < -0.4 is 0 Å². The van der Waals surface area contributed by atoms with Gasteiger partial charge in [0, 0.05) is 51.4 Å². The summed E-state index contributed by atoms with van der Waals surface area (Å²) in [5.74, 6) is 0. The van der Waals surface area contributed by atoms with E-state index in [1.54, 1.807) is 0 Å². The van der Waals surface area contributed by atoms with Crippen LogP contribution in [0.25, 0.3) is 32.7 Å². The van der Waals surface area contributed by atoms with Gasteiger partial charge in [0.1, 0.15) is 0 Å². The summed E-state index contributed by atoms with van der Waals surface area (Å²) < 4.78 is 0. The van der Waals surface area contributed by atoms with Crippen molar-refractivity contribution in [1.29, 1.82) is 0 Å². The van der Waals surface area contributed by atoms with E-state index in [9.17, 15) is 0 Å². The fraction of sp³-hybridized carbons (Fsp3) is 0. The van der Waals surface area contributed by atoms with Gasteiger partial charge in [-0.25, -0.2) is 0 Å². The van der Waals surface area contributed by atoms with Crippen LogP contribution in [0.4, 0.5) is 0 Å². The van der Waals surface area contributed by atoms with Gasteiger partial charge in [-0.15, -0.1) is 0 Å². The summed E-state index contributed by atoms with van der Waals surface area (Å²) in [4.78, 5) is 0. The quantitative estimate of drug-likeness (QED) is 0.419. The molecule has 0 aliphatic rings. The molecule has 4 rings (SSSR count). The average molecular weight is 293 g/mol. The van der Waals surface area contributed by atoms with E-state index in [4.69, 9.17) is 0 Å². The third-order valence-electron chi connectivity index (χ3n) is 3.87. The normalized spacial score (nSPS) is 10.5. The van der Waals surface area contributed by atoms with E-state index in [0.717, 1.165) is 0 Å². The van der Waals surface area contributed by atoms with Gasteiger partial charge < -0.3 is 0 Å². The van der Waals surface area contributed by atoms with E-state index < -0.39 is 0 Å². The summed E-state index contributed by atoms with van der Waals surface area (Å²) in [7, 11) is 0. The zero-order chi connectivity index (χ0) is 13.4. The molecule has 1 heteroatoms. The minimum Gasteiger partial charge on any atom is -0.0616 e. The number of hydrogen-bond acceptors (Lipinski definition) is 0. The molecular weight excluding hydrogens is 279 g/mol. The molecule has 0 saturated heterocycles. The first-order valence-corrected chi connectivity index (χ1v) is 6.89. The van der Waals surface area contributed by atoms with E-state index >= 15 is 0 Å². The van der Waals surface area contributed by atoms with Crippen molar-refractivity contribution in [2.45, 2.75) is 0 Å². The van der Waals surface area contributed by atoms with Crippen LogP contribution in [-0.2, 0) is 0 Å². The van der Waals surface area contributed by atoms with Crippen LogP contribution in [0, 0.1) is 0 Å². The Morgan fingerprint density at radius 3 is 1.24 bits per heavy atom. The summed E-state index contributed by atoms with van der Waals surface area (Å²) in [5, 5.41) is 5.20. The van der Waals surface area contributed by atoms with Crippen LogP contribution in [0.15, 0.2) is 84.9 Å². The third kappa shape index (κ3) is 2.72. The van der Waals surface area contributed by atoms with Gasteiger partial charge in [-0.3, -0.25) is 0 Å². The van der Waals surface area contributed by atoms with Gasteiger partial charge in [-0.05, 0) is 32.7 Å². The van der Waals surface area contributed by atoms with Gasteiger partial charge in [-0.1, -0.05) is 84.9 Å². The zero-order valence-electron chi connectivity index (χ0n) is 12.1. The Morgan fingerprint density at radius 2 is 0.762 bits per heavy atom. The van der Waals surface area contributed by atoms with Crippen LogP contribution in [-0.4, -0.2) is 51.4 Å². The largest absolute Gasteiger partial charge is 0.0616 e. The Balaban J connectivity index is 0.00000132. The average Bonchev–Trinajstić information content (AvgIpc) is 2.54. The Morgan fingerprint density at radius 1 is 0.381 bits per heavy atom. The molecule has 0 amide bonds. The summed E-state index contributed by atoms with van der Waals surface area (Å²) in [6, 6.07) is 30.2. The maximum Gasteiger partial charge on any atom is 0 e. The van der Waals surface area contributed by atoms with Crippen LogP contribution in [0.5, 0.6) is 0 Å². The zero-order valence-corrected chi connectivity index (χ0v) is 15.2. The molecule has 0 aliphatic heterocycles. The minimum absolute atomic E-state index is 0. The summed E-state index contributed by atoms with van der Waals surface area (Å²) >= 11 is 0. The molecule has 0 N–H and O–H groups in total. The topological polar surface area (TPSA) is 0 Å². The van der Waals surface area contributed by atoms with Gasteiger partial charge >= 0.3 is 0 Å². The molecule has 4 aromatic rings. The summed E-state index contributed by atoms with van der Waals surface area (Å²) in [6.07, 6.45) is 0. The number of benzene rings is 4. The Bertz CT molecular complexity index is 821. The van der Waals surface area contributed by atoms with E-state index in [-0.39, 0.29) is 51.4 Å². The fourth-order valence-corrected chi connectivity index (χ4v) is 2.92. The minimum atomic E-state index is 0. The van der Waals surface area contributed by atoms with Crippen molar-refractivity contribution >= 4 is 72.9 Å². The van der Waals surface area contributed by atoms with Crippen molar-refractivity contribution < 1.29 is 0 Å². The third-order valence-corrected chi connectivity index (χ3v) is 3.87. The van der Waals surface area contributed by atoms with Gasteiger partial charge in [0.05, 0.1) is 0 Å². The summed E-state index contributed by atoms with van der Waals surface area (Å²) in [6.45, 7) is 0. The number of hydrogen-bond donors (Lipinski definition) is 0. The second kappa shape index (κ2) is 6.43. The molecule has 1 radical (unpaired) electrons. The van der Waals surface area contributed by atoms with Crippen LogP contribution in [0.3, 0.4) is 0 Å². The maximum absolute atomic E-state index is 2.21. The molecule has 0 bridgehead atoms. The molecular formula is C20H14K. The maximum atomic E-state index is 2.21. The Labute approximate surface area is 167 Å². The predicted octanol–water partition coefficient (Wildman–Crippen LogP) is 5.28. The molecule has 0 spiro atoms. The van der Waals surface area contributed by atoms with Crippen molar-refractivity contribution in [3.63, 3.8) is 0 Å². The molecule has 0 atom stereocenters. The van der Waals surface area contributed by atoms with Gasteiger partial charge in [-0.2, -0.15) is 0 Å². The number of rotatable bonds is 1. The first kappa shape index (κ1) is 15.0. The van der Waals surface area contributed by atoms with Gasteiger partial charge in [0.25, 0.3) is 0 Å². The monoisotopic (exact) mass is 293 g/mol. The first-order chi connectivity index (χ1) is 9.93. The SMILES string of the molecule is [K].c1ccc2c(-c3cccc4ccccc34)cccc2c1. The van der Waals surface area contributed by atoms with Crippen molar-refractivity contribution in [2.24, 2.45) is 0 Å². The van der Waals surface area contributed by atoms with Gasteiger partial charge in [0.2, 0.25) is 0 Å². The molecule has 21 heavy (non-hydrogen) atoms. The molecule has 0 unspecified atom stereocenters. The van der Waals surface area contributed by atoms with E-state index in [0.29, 0.717) is 0 Å². The molecule has 4 aromatic carbocycles. The second-order valence-corrected chi connectivity index (χ2v) is 5.05. The molecule has 0 heterocycles. The van der Waals surface area contributed by atoms with Crippen molar-refractivity contribution in [1.82, 2.24) is 0 Å².